The summed E-state index contributed by atoms with van der Waals surface area (Å²) in [6.45, 7) is 1.20. The Morgan fingerprint density at radius 1 is 1.21 bits per heavy atom. The van der Waals surface area contributed by atoms with E-state index in [0.29, 0.717) is 0 Å². The summed E-state index contributed by atoms with van der Waals surface area (Å²) in [4.78, 5) is 15.3. The van der Waals surface area contributed by atoms with Crippen LogP contribution in [0.4, 0.5) is 0 Å². The lowest BCUT2D eigenvalue weighted by Crippen LogP contribution is -2.09. The van der Waals surface area contributed by atoms with Crippen LogP contribution in [0.1, 0.15) is 12.5 Å². The summed E-state index contributed by atoms with van der Waals surface area (Å²) >= 11 is 0. The van der Waals surface area contributed by atoms with Crippen LogP contribution in [0.3, 0.4) is 0 Å². The van der Waals surface area contributed by atoms with E-state index in [1.165, 1.54) is 21.1 Å². The molecule has 0 bridgehead atoms. The van der Waals surface area contributed by atoms with Crippen molar-refractivity contribution in [2.75, 3.05) is 14.2 Å². The van der Waals surface area contributed by atoms with Gasteiger partial charge >= 0.3 is 13.6 Å². The van der Waals surface area contributed by atoms with Crippen LogP contribution < -0.4 is 0 Å². The Balaban J connectivity index is 3.03. The maximum atomic E-state index is 12.3. The maximum absolute atomic E-state index is 12.3. The smallest absolute Gasteiger partial charge is 0.318 e. The molecule has 0 fully saturated rings. The summed E-state index contributed by atoms with van der Waals surface area (Å²) in [5.41, 5.74) is 0.890. The van der Waals surface area contributed by atoms with Crippen LogP contribution in [0, 0.1) is 0 Å². The van der Waals surface area contributed by atoms with Crippen molar-refractivity contribution in [2.24, 2.45) is 5.16 Å². The number of carbonyl (C=O) groups excluding carboxylic acids is 1. The van der Waals surface area contributed by atoms with Crippen molar-refractivity contribution in [3.05, 3.63) is 35.9 Å². The lowest BCUT2D eigenvalue weighted by atomic mass is 10.2. The summed E-state index contributed by atoms with van der Waals surface area (Å²) in [7, 11) is -1.04. The van der Waals surface area contributed by atoms with Crippen molar-refractivity contribution in [1.82, 2.24) is 0 Å². The van der Waals surface area contributed by atoms with Gasteiger partial charge in [-0.25, -0.2) is 4.79 Å². The largest absolute Gasteiger partial charge is 0.378 e. The van der Waals surface area contributed by atoms with Crippen LogP contribution in [-0.2, 0) is 29.7 Å². The van der Waals surface area contributed by atoms with Gasteiger partial charge in [0.2, 0.25) is 0 Å². The minimum absolute atomic E-state index is 0.0406. The zero-order chi connectivity index (χ0) is 14.3. The van der Waals surface area contributed by atoms with Crippen molar-refractivity contribution in [1.29, 1.82) is 0 Å². The average Bonchev–Trinajstić information content (AvgIpc) is 2.43. The molecule has 0 aliphatic carbocycles. The molecular formula is C12H16NO5P. The first-order valence-corrected chi connectivity index (χ1v) is 7.06. The normalized spacial score (nSPS) is 12.3. The molecule has 1 aromatic carbocycles. The molecule has 1 rings (SSSR count). The van der Waals surface area contributed by atoms with Gasteiger partial charge in [0.25, 0.3) is 0 Å². The van der Waals surface area contributed by atoms with Crippen molar-refractivity contribution >= 4 is 19.0 Å². The Morgan fingerprint density at radius 3 is 2.26 bits per heavy atom. The van der Waals surface area contributed by atoms with E-state index in [1.807, 2.05) is 30.3 Å². The zero-order valence-corrected chi connectivity index (χ0v) is 11.9. The number of hydrogen-bond acceptors (Lipinski definition) is 6. The second-order valence-corrected chi connectivity index (χ2v) is 5.86. The molecule has 0 aliphatic heterocycles. The van der Waals surface area contributed by atoms with Crippen LogP contribution >= 0.6 is 7.60 Å². The number of nitrogens with zero attached hydrogens (tertiary/aromatic N) is 1. The van der Waals surface area contributed by atoms with E-state index in [9.17, 15) is 9.36 Å². The molecule has 0 saturated heterocycles. The fourth-order valence-electron chi connectivity index (χ4n) is 1.36. The Bertz CT molecular complexity index is 492. The molecule has 19 heavy (non-hydrogen) atoms. The molecular weight excluding hydrogens is 269 g/mol. The molecule has 0 unspecified atom stereocenters. The SMILES string of the molecule is COP(=O)(OC)C(Cc1ccccc1)=NOC(C)=O. The van der Waals surface area contributed by atoms with E-state index in [-0.39, 0.29) is 11.9 Å². The van der Waals surface area contributed by atoms with Crippen LogP contribution in [0.5, 0.6) is 0 Å². The molecule has 6 nitrogen and oxygen atoms in total. The first-order valence-electron chi connectivity index (χ1n) is 5.52. The number of oxime groups is 1. The molecule has 0 saturated carbocycles. The van der Waals surface area contributed by atoms with Gasteiger partial charge in [-0.2, -0.15) is 0 Å². The van der Waals surface area contributed by atoms with Crippen molar-refractivity contribution in [2.45, 2.75) is 13.3 Å². The lowest BCUT2D eigenvalue weighted by molar-refractivity contribution is -0.140. The first-order chi connectivity index (χ1) is 9.01. The topological polar surface area (TPSA) is 74.2 Å². The van der Waals surface area contributed by atoms with Gasteiger partial charge in [0.1, 0.15) is 0 Å². The summed E-state index contributed by atoms with van der Waals surface area (Å²) in [6, 6.07) is 9.20. The van der Waals surface area contributed by atoms with Crippen molar-refractivity contribution < 1.29 is 23.2 Å². The van der Waals surface area contributed by atoms with Gasteiger partial charge in [0.15, 0.2) is 5.45 Å². The third-order valence-corrected chi connectivity index (χ3v) is 4.11. The van der Waals surface area contributed by atoms with Gasteiger partial charge in [-0.05, 0) is 5.56 Å². The van der Waals surface area contributed by atoms with E-state index in [1.54, 1.807) is 0 Å². The highest BCUT2D eigenvalue weighted by molar-refractivity contribution is 7.72. The van der Waals surface area contributed by atoms with Gasteiger partial charge in [-0.1, -0.05) is 35.5 Å². The predicted octanol–water partition coefficient (Wildman–Crippen LogP) is 2.59. The average molecular weight is 285 g/mol. The highest BCUT2D eigenvalue weighted by atomic mass is 31.2. The van der Waals surface area contributed by atoms with Crippen LogP contribution in [0.2, 0.25) is 0 Å². The molecule has 1 aromatic rings. The standard InChI is InChI=1S/C12H16NO5P/c1-10(14)18-13-12(19(15,16-2)17-3)9-11-7-5-4-6-8-11/h4-8H,9H2,1-3H3. The highest BCUT2D eigenvalue weighted by Gasteiger charge is 2.30. The second kappa shape index (κ2) is 7.19. The number of carbonyl (C=O) groups is 1. The van der Waals surface area contributed by atoms with Crippen LogP contribution in [-0.4, -0.2) is 25.6 Å². The Labute approximate surface area is 111 Å². The zero-order valence-electron chi connectivity index (χ0n) is 11.0. The van der Waals surface area contributed by atoms with E-state index in [4.69, 9.17) is 9.05 Å². The van der Waals surface area contributed by atoms with Gasteiger partial charge in [0.05, 0.1) is 0 Å². The third kappa shape index (κ3) is 4.59. The van der Waals surface area contributed by atoms with E-state index in [0.717, 1.165) is 5.56 Å². The van der Waals surface area contributed by atoms with Gasteiger partial charge in [0, 0.05) is 27.6 Å². The summed E-state index contributed by atoms with van der Waals surface area (Å²) in [6.07, 6.45) is 0.201. The predicted molar refractivity (Wildman–Crippen MR) is 71.0 cm³/mol. The minimum Gasteiger partial charge on any atom is -0.318 e. The van der Waals surface area contributed by atoms with E-state index >= 15 is 0 Å². The molecule has 0 heterocycles. The molecule has 0 spiro atoms. The number of benzene rings is 1. The molecule has 0 aliphatic rings. The van der Waals surface area contributed by atoms with Crippen molar-refractivity contribution in [3.63, 3.8) is 0 Å². The number of rotatable bonds is 6. The molecule has 0 radical (unpaired) electrons. The minimum atomic E-state index is -3.54. The molecule has 0 aromatic heterocycles. The van der Waals surface area contributed by atoms with Crippen LogP contribution in [0.25, 0.3) is 0 Å². The molecule has 0 atom stereocenters. The monoisotopic (exact) mass is 285 g/mol. The summed E-state index contributed by atoms with van der Waals surface area (Å²) < 4.78 is 22.0. The molecule has 0 amide bonds. The Morgan fingerprint density at radius 2 is 1.79 bits per heavy atom. The van der Waals surface area contributed by atoms with Gasteiger partial charge in [-0.3, -0.25) is 4.57 Å². The van der Waals surface area contributed by atoms with Crippen LogP contribution in [0.15, 0.2) is 35.5 Å². The molecule has 0 N–H and O–H groups in total. The third-order valence-electron chi connectivity index (χ3n) is 2.28. The van der Waals surface area contributed by atoms with E-state index in [2.05, 4.69) is 9.99 Å². The van der Waals surface area contributed by atoms with E-state index < -0.39 is 13.6 Å². The summed E-state index contributed by atoms with van der Waals surface area (Å²) in [5, 5.41) is 3.59. The lowest BCUT2D eigenvalue weighted by Gasteiger charge is -2.15. The Kier molecular flexibility index (Phi) is 5.89. The second-order valence-electron chi connectivity index (χ2n) is 3.62. The first kappa shape index (κ1) is 15.6. The number of hydrogen-bond donors (Lipinski definition) is 0. The highest BCUT2D eigenvalue weighted by Crippen LogP contribution is 2.49. The molecule has 104 valence electrons. The fraction of sp³-hybridized carbons (Fsp3) is 0.333. The van der Waals surface area contributed by atoms with Gasteiger partial charge in [-0.15, -0.1) is 0 Å². The van der Waals surface area contributed by atoms with Gasteiger partial charge < -0.3 is 13.9 Å². The quantitative estimate of drug-likeness (QED) is 0.347. The molecule has 7 heteroatoms. The summed E-state index contributed by atoms with van der Waals surface area (Å²) in [5.74, 6) is -0.607. The van der Waals surface area contributed by atoms with Crippen molar-refractivity contribution in [3.8, 4) is 0 Å². The Hall–Kier alpha value is -1.49. The maximum Gasteiger partial charge on any atom is 0.378 e. The fourth-order valence-corrected chi connectivity index (χ4v) is 2.45.